The van der Waals surface area contributed by atoms with E-state index in [1.165, 1.54) is 9.47 Å². The van der Waals surface area contributed by atoms with Crippen LogP contribution < -0.4 is 0 Å². The predicted octanol–water partition coefficient (Wildman–Crippen LogP) is 9.23. The van der Waals surface area contributed by atoms with E-state index in [-0.39, 0.29) is 0 Å². The van der Waals surface area contributed by atoms with Crippen LogP contribution in [0, 0.1) is 0 Å². The maximum atomic E-state index is 13.6. The minimum Gasteiger partial charge on any atom is -0.477 e. The molecule has 1 N–H and O–H groups in total. The van der Waals surface area contributed by atoms with Crippen molar-refractivity contribution in [1.29, 1.82) is 0 Å². The van der Waals surface area contributed by atoms with E-state index in [0.29, 0.717) is 0 Å². The summed E-state index contributed by atoms with van der Waals surface area (Å²) in [6.45, 7) is 0. The summed E-state index contributed by atoms with van der Waals surface area (Å²) in [5.74, 6) is -46.6. The third-order valence-corrected chi connectivity index (χ3v) is 5.33. The maximum absolute atomic E-state index is 13.6. The lowest BCUT2D eigenvalue weighted by atomic mass is 10.0. The van der Waals surface area contributed by atoms with Gasteiger partial charge < -0.3 is 5.11 Å². The molecule has 2 atom stereocenters. The van der Waals surface area contributed by atoms with Gasteiger partial charge in [-0.2, -0.15) is 119 Å². The molecule has 0 rings (SSSR count). The molecule has 0 spiro atoms. The molecule has 0 aliphatic carbocycles. The fourth-order valence-corrected chi connectivity index (χ4v) is 2.19. The molecule has 6 nitrogen and oxygen atoms in total. The van der Waals surface area contributed by atoms with Crippen LogP contribution in [0.4, 0.5) is 127 Å². The minimum absolute atomic E-state index is 0.892. The van der Waals surface area contributed by atoms with Gasteiger partial charge in [0, 0.05) is 0 Å². The van der Waals surface area contributed by atoms with Crippen LogP contribution in [0.3, 0.4) is 0 Å². The Hall–Kier alpha value is -2.43. The fraction of sp³-hybridized carbons (Fsp3) is 0.938. The van der Waals surface area contributed by atoms with Crippen LogP contribution in [0.2, 0.25) is 0 Å². The van der Waals surface area contributed by atoms with Gasteiger partial charge in [-0.05, 0) is 0 Å². The monoisotopic (exact) mass is 876 g/mol. The first-order chi connectivity index (χ1) is 21.9. The highest BCUT2D eigenvalue weighted by Gasteiger charge is 2.88. The normalized spacial score (nSPS) is 18.0. The number of hydrogen-bond donors (Lipinski definition) is 1. The van der Waals surface area contributed by atoms with E-state index in [2.05, 4.69) is 11.6 Å². The van der Waals surface area contributed by atoms with E-state index in [1.807, 2.05) is 0 Å². The molecule has 2 unspecified atom stereocenters. The molecule has 0 saturated carbocycles. The molecular weight excluding hydrogens is 875 g/mol. The third-order valence-electron chi connectivity index (χ3n) is 4.90. The van der Waals surface area contributed by atoms with Crippen molar-refractivity contribution in [3.63, 3.8) is 0 Å². The number of halogens is 30. The van der Waals surface area contributed by atoms with Gasteiger partial charge in [-0.3, -0.25) is 4.74 Å². The van der Waals surface area contributed by atoms with Crippen LogP contribution in [0.25, 0.3) is 0 Å². The first kappa shape index (κ1) is 49.6. The van der Waals surface area contributed by atoms with E-state index in [1.54, 1.807) is 0 Å². The number of rotatable bonds is 18. The standard InChI is InChI=1S/C16H2ClF29O6/c17-5(23,10(32,33)34)11(35,36)50-4(21,22)1(18)49-12(37,38)8(28,29)14(41,42)52-16(45,46)9(30,31)15(43,44)51-13(39,40)7(26,27)6(24,25)3(19,20)2(47)48/h1H,(H,47,48). The summed E-state index contributed by atoms with van der Waals surface area (Å²) in [7, 11) is 0. The molecule has 0 radical (unpaired) electrons. The number of carbonyl (C=O) groups is 1. The number of carboxylic acids is 1. The van der Waals surface area contributed by atoms with Crippen molar-refractivity contribution in [3.8, 4) is 0 Å². The molecule has 0 aromatic rings. The van der Waals surface area contributed by atoms with Crippen molar-refractivity contribution >= 4 is 17.6 Å². The second-order valence-corrected chi connectivity index (χ2v) is 9.17. The lowest BCUT2D eigenvalue weighted by Crippen LogP contribution is -2.68. The van der Waals surface area contributed by atoms with Crippen LogP contribution in [0.15, 0.2) is 0 Å². The van der Waals surface area contributed by atoms with Crippen molar-refractivity contribution in [2.24, 2.45) is 0 Å². The molecule has 0 aromatic carbocycles. The Morgan fingerprint density at radius 1 is 0.442 bits per heavy atom. The van der Waals surface area contributed by atoms with E-state index in [4.69, 9.17) is 5.11 Å². The van der Waals surface area contributed by atoms with E-state index in [9.17, 15) is 132 Å². The van der Waals surface area contributed by atoms with Gasteiger partial charge in [-0.25, -0.2) is 27.8 Å². The summed E-state index contributed by atoms with van der Waals surface area (Å²) < 4.78 is 387. The zero-order chi connectivity index (χ0) is 43.0. The van der Waals surface area contributed by atoms with Gasteiger partial charge >= 0.3 is 89.6 Å². The summed E-state index contributed by atoms with van der Waals surface area (Å²) in [6.07, 6.45) is -71.5. The van der Waals surface area contributed by atoms with Gasteiger partial charge in [0.2, 0.25) is 0 Å². The second kappa shape index (κ2) is 13.1. The van der Waals surface area contributed by atoms with Gasteiger partial charge in [0.1, 0.15) is 0 Å². The van der Waals surface area contributed by atoms with Gasteiger partial charge in [-0.1, -0.05) is 11.6 Å². The van der Waals surface area contributed by atoms with E-state index in [0.717, 1.165) is 9.47 Å². The van der Waals surface area contributed by atoms with Crippen molar-refractivity contribution in [2.75, 3.05) is 0 Å². The zero-order valence-electron chi connectivity index (χ0n) is 21.9. The first-order valence-corrected chi connectivity index (χ1v) is 11.0. The first-order valence-electron chi connectivity index (χ1n) is 10.6. The topological polar surface area (TPSA) is 74.2 Å². The summed E-state index contributed by atoms with van der Waals surface area (Å²) >= 11 is 3.51. The van der Waals surface area contributed by atoms with Crippen molar-refractivity contribution < 1.29 is 156 Å². The Morgan fingerprint density at radius 3 is 1.02 bits per heavy atom. The Balaban J connectivity index is 6.61. The molecule has 0 fully saturated rings. The summed E-state index contributed by atoms with van der Waals surface area (Å²) in [5.41, 5.74) is 0. The summed E-state index contributed by atoms with van der Waals surface area (Å²) in [5, 5.41) is 0.775. The van der Waals surface area contributed by atoms with Gasteiger partial charge in [0.25, 0.3) is 6.36 Å². The van der Waals surface area contributed by atoms with Gasteiger partial charge in [0.05, 0.1) is 0 Å². The van der Waals surface area contributed by atoms with Gasteiger partial charge in [-0.15, -0.1) is 0 Å². The fourth-order valence-electron chi connectivity index (χ4n) is 2.15. The smallest absolute Gasteiger partial charge is 0.446 e. The number of aliphatic carboxylic acids is 1. The Kier molecular flexibility index (Phi) is 12.5. The van der Waals surface area contributed by atoms with Crippen molar-refractivity contribution in [1.82, 2.24) is 0 Å². The average molecular weight is 877 g/mol. The van der Waals surface area contributed by atoms with Crippen LogP contribution in [-0.2, 0) is 23.7 Å². The quantitative estimate of drug-likeness (QED) is 0.109. The second-order valence-electron chi connectivity index (χ2n) is 8.65. The van der Waals surface area contributed by atoms with Crippen LogP contribution >= 0.6 is 11.6 Å². The lowest BCUT2D eigenvalue weighted by Gasteiger charge is -2.39. The van der Waals surface area contributed by atoms with E-state index < -0.39 is 96.0 Å². The van der Waals surface area contributed by atoms with Crippen molar-refractivity contribution in [2.45, 2.75) is 90.0 Å². The molecule has 36 heteroatoms. The third kappa shape index (κ3) is 8.00. The van der Waals surface area contributed by atoms with E-state index >= 15 is 0 Å². The van der Waals surface area contributed by atoms with Crippen LogP contribution in [0.1, 0.15) is 0 Å². The minimum atomic E-state index is -8.90. The lowest BCUT2D eigenvalue weighted by molar-refractivity contribution is -0.555. The number of hydrogen-bond acceptors (Lipinski definition) is 5. The molecule has 312 valence electrons. The largest absolute Gasteiger partial charge is 0.477 e. The molecule has 0 heterocycles. The highest BCUT2D eigenvalue weighted by atomic mass is 35.5. The molecular formula is C16H2ClF29O6. The predicted molar refractivity (Wildman–Crippen MR) is 92.0 cm³/mol. The highest BCUT2D eigenvalue weighted by molar-refractivity contribution is 6.24. The molecule has 0 aliphatic heterocycles. The SMILES string of the molecule is O=C(O)C(F)(F)C(F)(F)C(F)(F)C(F)(F)OC(F)(F)C(F)(F)C(F)(F)OC(F)(F)C(F)(F)C(F)(F)OC(F)C(F)(F)OC(F)(F)C(F)(Cl)C(F)(F)F. The maximum Gasteiger partial charge on any atom is 0.446 e. The van der Waals surface area contributed by atoms with Crippen LogP contribution in [0.5, 0.6) is 0 Å². The molecule has 0 bridgehead atoms. The summed E-state index contributed by atoms with van der Waals surface area (Å²) in [6, 6.07) is 0. The zero-order valence-corrected chi connectivity index (χ0v) is 22.7. The molecule has 52 heavy (non-hydrogen) atoms. The number of alkyl halides is 30. The average Bonchev–Trinajstić information content (AvgIpc) is 2.84. The number of ether oxygens (including phenoxy) is 4. The number of carboxylic acid groups (broad SMARTS) is 1. The Labute approximate surface area is 265 Å². The molecule has 0 saturated heterocycles. The van der Waals surface area contributed by atoms with Gasteiger partial charge in [0.15, 0.2) is 0 Å². The molecule has 0 aromatic heterocycles. The Morgan fingerprint density at radius 2 is 0.731 bits per heavy atom. The molecule has 0 aliphatic rings. The Bertz CT molecular complexity index is 1290. The highest BCUT2D eigenvalue weighted by Crippen LogP contribution is 2.59. The summed E-state index contributed by atoms with van der Waals surface area (Å²) in [4.78, 5) is 9.96. The van der Waals surface area contributed by atoms with Crippen molar-refractivity contribution in [3.05, 3.63) is 0 Å². The van der Waals surface area contributed by atoms with Crippen LogP contribution in [-0.4, -0.2) is 101 Å². The molecule has 0 amide bonds.